The quantitative estimate of drug-likeness (QED) is 0.650. The van der Waals surface area contributed by atoms with Crippen LogP contribution >= 0.6 is 0 Å². The van der Waals surface area contributed by atoms with Crippen molar-refractivity contribution < 1.29 is 4.79 Å². The van der Waals surface area contributed by atoms with E-state index in [1.807, 2.05) is 0 Å². The summed E-state index contributed by atoms with van der Waals surface area (Å²) in [7, 11) is 0. The van der Waals surface area contributed by atoms with Gasteiger partial charge in [-0.3, -0.25) is 4.90 Å². The maximum atomic E-state index is 11.6. The molecule has 0 N–H and O–H groups in total. The van der Waals surface area contributed by atoms with Gasteiger partial charge in [-0.2, -0.15) is 0 Å². The Hall–Kier alpha value is -1.15. The Morgan fingerprint density at radius 3 is 2.04 bits per heavy atom. The lowest BCUT2D eigenvalue weighted by atomic mass is 9.83. The van der Waals surface area contributed by atoms with Gasteiger partial charge in [0, 0.05) is 18.6 Å². The van der Waals surface area contributed by atoms with Crippen molar-refractivity contribution in [3.8, 4) is 0 Å². The molecule has 0 spiro atoms. The number of carbonyl (C=O) groups is 1. The summed E-state index contributed by atoms with van der Waals surface area (Å²) in [5, 5.41) is 0. The average molecular weight is 316 g/mol. The van der Waals surface area contributed by atoms with Gasteiger partial charge in [-0.05, 0) is 57.6 Å². The molecule has 1 aliphatic carbocycles. The number of aldehydes is 1. The van der Waals surface area contributed by atoms with E-state index in [0.717, 1.165) is 24.3 Å². The van der Waals surface area contributed by atoms with Gasteiger partial charge in [0.05, 0.1) is 5.92 Å². The molecular weight excluding hydrogens is 282 g/mol. The molecule has 0 aromatic heterocycles. The van der Waals surface area contributed by atoms with Crippen LogP contribution in [0.1, 0.15) is 82.8 Å². The Morgan fingerprint density at radius 1 is 1.00 bits per heavy atom. The third kappa shape index (κ3) is 4.91. The van der Waals surface area contributed by atoms with Crippen molar-refractivity contribution in [3.63, 3.8) is 0 Å². The van der Waals surface area contributed by atoms with Crippen molar-refractivity contribution in [1.82, 2.24) is 4.90 Å². The first kappa shape index (κ1) is 18.2. The Balaban J connectivity index is 2.07. The Morgan fingerprint density at radius 2 is 1.57 bits per heavy atom. The van der Waals surface area contributed by atoms with Crippen LogP contribution in [0.25, 0.3) is 0 Å². The molecule has 0 aliphatic heterocycles. The molecule has 2 nitrogen and oxygen atoms in total. The Labute approximate surface area is 142 Å². The van der Waals surface area contributed by atoms with Crippen LogP contribution in [0.3, 0.4) is 0 Å². The first-order chi connectivity index (χ1) is 11.0. The summed E-state index contributed by atoms with van der Waals surface area (Å²) in [6, 6.07) is 9.80. The monoisotopic (exact) mass is 315 g/mol. The van der Waals surface area contributed by atoms with E-state index in [2.05, 4.69) is 56.9 Å². The van der Waals surface area contributed by atoms with Gasteiger partial charge >= 0.3 is 0 Å². The van der Waals surface area contributed by atoms with Gasteiger partial charge in [0.25, 0.3) is 0 Å². The minimum absolute atomic E-state index is 0.0276. The summed E-state index contributed by atoms with van der Waals surface area (Å²) in [4.78, 5) is 14.0. The standard InChI is InChI=1S/C21H33NO/c1-16(2)22(17(3)4)14-21(15-23)20-12-10-19(11-13-20)18-8-6-5-7-9-18/h10-13,15-18,21H,5-9,14H2,1-4H3. The molecule has 0 bridgehead atoms. The zero-order chi connectivity index (χ0) is 16.8. The highest BCUT2D eigenvalue weighted by Crippen LogP contribution is 2.33. The number of hydrogen-bond acceptors (Lipinski definition) is 2. The van der Waals surface area contributed by atoms with Crippen molar-refractivity contribution in [2.45, 2.75) is 83.7 Å². The van der Waals surface area contributed by atoms with Gasteiger partial charge in [-0.15, -0.1) is 0 Å². The summed E-state index contributed by atoms with van der Waals surface area (Å²) in [5.74, 6) is 0.704. The molecule has 1 fully saturated rings. The zero-order valence-corrected chi connectivity index (χ0v) is 15.3. The van der Waals surface area contributed by atoms with Gasteiger partial charge in [-0.1, -0.05) is 43.5 Å². The van der Waals surface area contributed by atoms with Gasteiger partial charge in [0.15, 0.2) is 0 Å². The Bertz CT molecular complexity index is 463. The third-order valence-electron chi connectivity index (χ3n) is 5.34. The highest BCUT2D eigenvalue weighted by atomic mass is 16.1. The second-order valence-corrected chi connectivity index (χ2v) is 7.63. The summed E-state index contributed by atoms with van der Waals surface area (Å²) in [6.45, 7) is 9.62. The van der Waals surface area contributed by atoms with Crippen LogP contribution in [0.2, 0.25) is 0 Å². The van der Waals surface area contributed by atoms with Crippen LogP contribution in [-0.2, 0) is 4.79 Å². The molecule has 1 unspecified atom stereocenters. The van der Waals surface area contributed by atoms with Crippen LogP contribution < -0.4 is 0 Å². The SMILES string of the molecule is CC(C)N(CC(C=O)c1ccc(C2CCCCC2)cc1)C(C)C. The van der Waals surface area contributed by atoms with Crippen LogP contribution in [-0.4, -0.2) is 29.8 Å². The van der Waals surface area contributed by atoms with E-state index >= 15 is 0 Å². The van der Waals surface area contributed by atoms with E-state index in [0.29, 0.717) is 12.1 Å². The first-order valence-electron chi connectivity index (χ1n) is 9.33. The van der Waals surface area contributed by atoms with Crippen LogP contribution in [0.15, 0.2) is 24.3 Å². The molecule has 1 saturated carbocycles. The number of benzene rings is 1. The van der Waals surface area contributed by atoms with E-state index in [4.69, 9.17) is 0 Å². The fourth-order valence-corrected chi connectivity index (χ4v) is 3.92. The highest BCUT2D eigenvalue weighted by molar-refractivity contribution is 5.62. The molecule has 0 amide bonds. The maximum Gasteiger partial charge on any atom is 0.128 e. The van der Waals surface area contributed by atoms with Crippen molar-refractivity contribution in [3.05, 3.63) is 35.4 Å². The molecule has 2 heteroatoms. The second kappa shape index (κ2) is 8.63. The molecule has 0 radical (unpaired) electrons. The van der Waals surface area contributed by atoms with Crippen molar-refractivity contribution in [2.75, 3.05) is 6.54 Å². The number of nitrogens with zero attached hydrogens (tertiary/aromatic N) is 1. The predicted octanol–water partition coefficient (Wildman–Crippen LogP) is 5.14. The zero-order valence-electron chi connectivity index (χ0n) is 15.3. The maximum absolute atomic E-state index is 11.6. The number of carbonyl (C=O) groups excluding carboxylic acids is 1. The molecule has 1 aliphatic rings. The molecular formula is C21H33NO. The normalized spacial score (nSPS) is 17.9. The summed E-state index contributed by atoms with van der Waals surface area (Å²) >= 11 is 0. The number of rotatable bonds is 7. The van der Waals surface area contributed by atoms with Crippen molar-refractivity contribution >= 4 is 6.29 Å². The minimum atomic E-state index is -0.0276. The van der Waals surface area contributed by atoms with E-state index in [-0.39, 0.29) is 5.92 Å². The smallest absolute Gasteiger partial charge is 0.128 e. The molecule has 1 atom stereocenters. The summed E-state index contributed by atoms with van der Waals surface area (Å²) in [5.41, 5.74) is 2.62. The van der Waals surface area contributed by atoms with Gasteiger partial charge < -0.3 is 4.79 Å². The predicted molar refractivity (Wildman–Crippen MR) is 98.1 cm³/mol. The van der Waals surface area contributed by atoms with E-state index in [1.165, 1.54) is 37.7 Å². The third-order valence-corrected chi connectivity index (χ3v) is 5.34. The lowest BCUT2D eigenvalue weighted by Crippen LogP contribution is -2.40. The molecule has 23 heavy (non-hydrogen) atoms. The fourth-order valence-electron chi connectivity index (χ4n) is 3.92. The summed E-state index contributed by atoms with van der Waals surface area (Å²) < 4.78 is 0. The molecule has 2 rings (SSSR count). The van der Waals surface area contributed by atoms with Gasteiger partial charge in [0.2, 0.25) is 0 Å². The van der Waals surface area contributed by atoms with Gasteiger partial charge in [0.1, 0.15) is 6.29 Å². The molecule has 0 heterocycles. The largest absolute Gasteiger partial charge is 0.303 e. The lowest BCUT2D eigenvalue weighted by molar-refractivity contribution is -0.109. The van der Waals surface area contributed by atoms with E-state index < -0.39 is 0 Å². The van der Waals surface area contributed by atoms with E-state index in [9.17, 15) is 4.79 Å². The van der Waals surface area contributed by atoms with Crippen molar-refractivity contribution in [1.29, 1.82) is 0 Å². The first-order valence-corrected chi connectivity index (χ1v) is 9.33. The van der Waals surface area contributed by atoms with Crippen LogP contribution in [0, 0.1) is 0 Å². The fraction of sp³-hybridized carbons (Fsp3) is 0.667. The molecule has 0 saturated heterocycles. The average Bonchev–Trinajstić information content (AvgIpc) is 2.56. The van der Waals surface area contributed by atoms with E-state index in [1.54, 1.807) is 0 Å². The number of hydrogen-bond donors (Lipinski definition) is 0. The molecule has 128 valence electrons. The highest BCUT2D eigenvalue weighted by Gasteiger charge is 2.21. The molecule has 1 aromatic carbocycles. The van der Waals surface area contributed by atoms with Gasteiger partial charge in [-0.25, -0.2) is 0 Å². The van der Waals surface area contributed by atoms with Crippen LogP contribution in [0.4, 0.5) is 0 Å². The minimum Gasteiger partial charge on any atom is -0.303 e. The summed E-state index contributed by atoms with van der Waals surface area (Å²) in [6.07, 6.45) is 7.88. The van der Waals surface area contributed by atoms with Crippen LogP contribution in [0.5, 0.6) is 0 Å². The van der Waals surface area contributed by atoms with Crippen molar-refractivity contribution in [2.24, 2.45) is 0 Å². The Kier molecular flexibility index (Phi) is 6.83. The topological polar surface area (TPSA) is 20.3 Å². The lowest BCUT2D eigenvalue weighted by Gasteiger charge is -2.32. The second-order valence-electron chi connectivity index (χ2n) is 7.63. The molecule has 1 aromatic rings.